The van der Waals surface area contributed by atoms with E-state index in [4.69, 9.17) is 4.74 Å². The first-order chi connectivity index (χ1) is 15.2. The molecule has 0 spiro atoms. The lowest BCUT2D eigenvalue weighted by Gasteiger charge is -2.12. The van der Waals surface area contributed by atoms with E-state index in [-0.39, 0.29) is 0 Å². The Balaban J connectivity index is 1.91. The molecule has 156 valence electrons. The van der Waals surface area contributed by atoms with Crippen LogP contribution in [0.2, 0.25) is 0 Å². The van der Waals surface area contributed by atoms with Crippen molar-refractivity contribution in [3.8, 4) is 40.1 Å². The summed E-state index contributed by atoms with van der Waals surface area (Å²) in [6.07, 6.45) is 5.50. The van der Waals surface area contributed by atoms with Crippen LogP contribution in [0, 0.1) is 22.7 Å². The highest BCUT2D eigenvalue weighted by molar-refractivity contribution is 5.82. The van der Waals surface area contributed by atoms with Gasteiger partial charge in [0.15, 0.2) is 0 Å². The van der Waals surface area contributed by atoms with Gasteiger partial charge < -0.3 is 4.74 Å². The molecule has 0 aromatic heterocycles. The van der Waals surface area contributed by atoms with Gasteiger partial charge in [0.2, 0.25) is 0 Å². The second-order valence-electron chi connectivity index (χ2n) is 7.66. The number of ether oxygens (including phenoxy) is 1. The fourth-order valence-corrected chi connectivity index (χ4v) is 3.73. The van der Waals surface area contributed by atoms with E-state index in [1.807, 2.05) is 48.5 Å². The van der Waals surface area contributed by atoms with Crippen LogP contribution in [0.15, 0.2) is 60.7 Å². The Labute approximate surface area is 185 Å². The highest BCUT2D eigenvalue weighted by Crippen LogP contribution is 2.33. The largest absolute Gasteiger partial charge is 0.494 e. The summed E-state index contributed by atoms with van der Waals surface area (Å²) in [6, 6.07) is 24.4. The molecule has 0 aliphatic rings. The van der Waals surface area contributed by atoms with Crippen LogP contribution in [0.25, 0.3) is 22.3 Å². The Morgan fingerprint density at radius 3 is 1.71 bits per heavy atom. The van der Waals surface area contributed by atoms with Gasteiger partial charge in [-0.05, 0) is 41.7 Å². The molecule has 3 aromatic rings. The summed E-state index contributed by atoms with van der Waals surface area (Å²) < 4.78 is 5.79. The topological polar surface area (TPSA) is 56.8 Å². The number of nitriles is 2. The standard InChI is InChI=1S/C28H28N2O/c1-3-5-6-18-31-24-14-12-23(13-15-24)26-17-16-25(27(19-29)28(26)20-30)22-10-8-21(7-4-2)9-11-22/h8-17H,3-7,18H2,1-2H3. The Morgan fingerprint density at radius 1 is 0.677 bits per heavy atom. The third-order valence-corrected chi connectivity index (χ3v) is 5.41. The summed E-state index contributed by atoms with van der Waals surface area (Å²) in [5, 5.41) is 19.7. The van der Waals surface area contributed by atoms with Crippen molar-refractivity contribution in [2.45, 2.75) is 46.0 Å². The Morgan fingerprint density at radius 2 is 1.23 bits per heavy atom. The maximum atomic E-state index is 9.87. The van der Waals surface area contributed by atoms with Crippen LogP contribution in [0.3, 0.4) is 0 Å². The van der Waals surface area contributed by atoms with Crippen LogP contribution >= 0.6 is 0 Å². The first kappa shape index (κ1) is 22.1. The van der Waals surface area contributed by atoms with E-state index in [0.29, 0.717) is 17.7 Å². The lowest BCUT2D eigenvalue weighted by Crippen LogP contribution is -1.97. The molecule has 0 fully saturated rings. The molecule has 3 aromatic carbocycles. The molecule has 0 bridgehead atoms. The summed E-state index contributed by atoms with van der Waals surface area (Å²) in [6.45, 7) is 5.04. The Kier molecular flexibility index (Phi) is 7.85. The number of hydrogen-bond acceptors (Lipinski definition) is 3. The van der Waals surface area contributed by atoms with Crippen LogP contribution in [-0.2, 0) is 6.42 Å². The fourth-order valence-electron chi connectivity index (χ4n) is 3.73. The smallest absolute Gasteiger partial charge is 0.119 e. The molecule has 0 saturated heterocycles. The zero-order valence-electron chi connectivity index (χ0n) is 18.3. The van der Waals surface area contributed by atoms with E-state index in [0.717, 1.165) is 53.7 Å². The molecule has 0 heterocycles. The molecular formula is C28H28N2O. The summed E-state index contributed by atoms with van der Waals surface area (Å²) in [4.78, 5) is 0. The van der Waals surface area contributed by atoms with E-state index in [2.05, 4.69) is 38.1 Å². The van der Waals surface area contributed by atoms with E-state index in [1.165, 1.54) is 12.0 Å². The number of unbranched alkanes of at least 4 members (excludes halogenated alkanes) is 2. The maximum absolute atomic E-state index is 9.87. The number of nitrogens with zero attached hydrogens (tertiary/aromatic N) is 2. The number of hydrogen-bond donors (Lipinski definition) is 0. The average molecular weight is 409 g/mol. The molecule has 0 aliphatic carbocycles. The van der Waals surface area contributed by atoms with Crippen molar-refractivity contribution in [1.29, 1.82) is 10.5 Å². The summed E-state index contributed by atoms with van der Waals surface area (Å²) in [5.74, 6) is 0.822. The van der Waals surface area contributed by atoms with Crippen molar-refractivity contribution < 1.29 is 4.74 Å². The van der Waals surface area contributed by atoms with Crippen LogP contribution in [0.5, 0.6) is 5.75 Å². The highest BCUT2D eigenvalue weighted by Gasteiger charge is 2.16. The van der Waals surface area contributed by atoms with Crippen LogP contribution < -0.4 is 4.74 Å². The van der Waals surface area contributed by atoms with Crippen LogP contribution in [0.4, 0.5) is 0 Å². The van der Waals surface area contributed by atoms with E-state index in [1.54, 1.807) is 0 Å². The lowest BCUT2D eigenvalue weighted by molar-refractivity contribution is 0.306. The number of rotatable bonds is 9. The van der Waals surface area contributed by atoms with Crippen molar-refractivity contribution in [3.63, 3.8) is 0 Å². The maximum Gasteiger partial charge on any atom is 0.119 e. The van der Waals surface area contributed by atoms with Crippen molar-refractivity contribution >= 4 is 0 Å². The molecule has 3 nitrogen and oxygen atoms in total. The van der Waals surface area contributed by atoms with Gasteiger partial charge in [-0.2, -0.15) is 10.5 Å². The van der Waals surface area contributed by atoms with Gasteiger partial charge in [-0.25, -0.2) is 0 Å². The normalized spacial score (nSPS) is 10.3. The van der Waals surface area contributed by atoms with Gasteiger partial charge in [0, 0.05) is 11.1 Å². The zero-order valence-corrected chi connectivity index (χ0v) is 18.3. The molecule has 3 heteroatoms. The first-order valence-corrected chi connectivity index (χ1v) is 11.0. The summed E-state index contributed by atoms with van der Waals surface area (Å²) >= 11 is 0. The summed E-state index contributed by atoms with van der Waals surface area (Å²) in [5.41, 5.74) is 5.52. The van der Waals surface area contributed by atoms with Crippen molar-refractivity contribution in [2.75, 3.05) is 6.61 Å². The lowest BCUT2D eigenvalue weighted by atomic mass is 9.90. The number of benzene rings is 3. The zero-order chi connectivity index (χ0) is 22.1. The number of aryl methyl sites for hydroxylation is 1. The van der Waals surface area contributed by atoms with Gasteiger partial charge in [0.05, 0.1) is 17.7 Å². The molecule has 31 heavy (non-hydrogen) atoms. The molecule has 3 rings (SSSR count). The second-order valence-corrected chi connectivity index (χ2v) is 7.66. The molecular weight excluding hydrogens is 380 g/mol. The Hall–Kier alpha value is -3.56. The van der Waals surface area contributed by atoms with Gasteiger partial charge in [0.1, 0.15) is 17.9 Å². The fraction of sp³-hybridized carbons (Fsp3) is 0.286. The molecule has 0 unspecified atom stereocenters. The minimum absolute atomic E-state index is 0.411. The molecule has 0 atom stereocenters. The highest BCUT2D eigenvalue weighted by atomic mass is 16.5. The van der Waals surface area contributed by atoms with Gasteiger partial charge in [-0.3, -0.25) is 0 Å². The SMILES string of the molecule is CCCCCOc1ccc(-c2ccc(-c3ccc(CCC)cc3)c(C#N)c2C#N)cc1. The predicted molar refractivity (Wildman–Crippen MR) is 126 cm³/mol. The van der Waals surface area contributed by atoms with E-state index in [9.17, 15) is 10.5 Å². The molecule has 0 N–H and O–H groups in total. The third kappa shape index (κ3) is 5.33. The Bertz CT molecular complexity index is 1080. The van der Waals surface area contributed by atoms with Gasteiger partial charge in [-0.15, -0.1) is 0 Å². The van der Waals surface area contributed by atoms with Crippen LogP contribution in [0.1, 0.15) is 56.2 Å². The van der Waals surface area contributed by atoms with E-state index >= 15 is 0 Å². The van der Waals surface area contributed by atoms with Gasteiger partial charge in [-0.1, -0.05) is 81.6 Å². The third-order valence-electron chi connectivity index (χ3n) is 5.41. The molecule has 0 saturated carbocycles. The molecule has 0 radical (unpaired) electrons. The van der Waals surface area contributed by atoms with E-state index < -0.39 is 0 Å². The van der Waals surface area contributed by atoms with Crippen LogP contribution in [-0.4, -0.2) is 6.61 Å². The predicted octanol–water partition coefficient (Wildman–Crippen LogP) is 7.29. The minimum atomic E-state index is 0.411. The van der Waals surface area contributed by atoms with Crippen molar-refractivity contribution in [3.05, 3.63) is 77.4 Å². The first-order valence-electron chi connectivity index (χ1n) is 11.0. The van der Waals surface area contributed by atoms with Gasteiger partial charge >= 0.3 is 0 Å². The molecule has 0 aliphatic heterocycles. The second kappa shape index (κ2) is 11.0. The van der Waals surface area contributed by atoms with Gasteiger partial charge in [0.25, 0.3) is 0 Å². The van der Waals surface area contributed by atoms with Crippen molar-refractivity contribution in [1.82, 2.24) is 0 Å². The molecule has 0 amide bonds. The monoisotopic (exact) mass is 408 g/mol. The quantitative estimate of drug-likeness (QED) is 0.349. The average Bonchev–Trinajstić information content (AvgIpc) is 2.82. The summed E-state index contributed by atoms with van der Waals surface area (Å²) in [7, 11) is 0. The minimum Gasteiger partial charge on any atom is -0.494 e. The van der Waals surface area contributed by atoms with Crippen molar-refractivity contribution in [2.24, 2.45) is 0 Å².